The van der Waals surface area contributed by atoms with Gasteiger partial charge in [0.15, 0.2) is 6.61 Å². The first-order chi connectivity index (χ1) is 14.7. The Morgan fingerprint density at radius 3 is 2.61 bits per heavy atom. The first-order valence-electron chi connectivity index (χ1n) is 8.56. The average molecular weight is 484 g/mol. The third-order valence-electron chi connectivity index (χ3n) is 3.97. The molecule has 0 bridgehead atoms. The Morgan fingerprint density at radius 2 is 1.94 bits per heavy atom. The number of anilines is 1. The molecule has 0 unspecified atom stereocenters. The van der Waals surface area contributed by atoms with Crippen LogP contribution in [-0.4, -0.2) is 48.7 Å². The Kier molecular flexibility index (Phi) is 6.91. The number of esters is 1. The summed E-state index contributed by atoms with van der Waals surface area (Å²) in [6, 6.07) is 8.30. The summed E-state index contributed by atoms with van der Waals surface area (Å²) in [5.41, 5.74) is 0.616. The Labute approximate surface area is 187 Å². The maximum Gasteiger partial charge on any atom is 0.340 e. The molecule has 3 rings (SSSR count). The van der Waals surface area contributed by atoms with Gasteiger partial charge in [-0.1, -0.05) is 23.2 Å². The highest BCUT2D eigenvalue weighted by Gasteiger charge is 2.19. The first kappa shape index (κ1) is 22.7. The third-order valence-corrected chi connectivity index (χ3v) is 5.95. The fourth-order valence-electron chi connectivity index (χ4n) is 2.48. The lowest BCUT2D eigenvalue weighted by atomic mass is 10.2. The van der Waals surface area contributed by atoms with Crippen LogP contribution in [0.15, 0.2) is 53.9 Å². The van der Waals surface area contributed by atoms with Crippen molar-refractivity contribution in [1.29, 1.82) is 0 Å². The van der Waals surface area contributed by atoms with Crippen molar-refractivity contribution >= 4 is 50.8 Å². The molecule has 3 aromatic rings. The van der Waals surface area contributed by atoms with Gasteiger partial charge in [0.1, 0.15) is 12.7 Å². The zero-order valence-corrected chi connectivity index (χ0v) is 18.2. The zero-order chi connectivity index (χ0) is 22.6. The van der Waals surface area contributed by atoms with Crippen molar-refractivity contribution in [3.63, 3.8) is 0 Å². The molecule has 0 radical (unpaired) electrons. The number of hydrogen-bond donors (Lipinski definition) is 2. The summed E-state index contributed by atoms with van der Waals surface area (Å²) in [5, 5.41) is 6.92. The van der Waals surface area contributed by atoms with Crippen LogP contribution >= 0.6 is 23.2 Å². The van der Waals surface area contributed by atoms with E-state index < -0.39 is 28.5 Å². The standard InChI is InChI=1S/C18H15Cl2N5O5S/c1-21-31(28,29)12-3-4-14(20)13(7-12)18(27)30-8-17(26)24-15-6-11(19)2-5-16(15)25-10-22-9-23-25/h2-7,9-10,21H,8H2,1H3,(H,24,26). The van der Waals surface area contributed by atoms with Crippen LogP contribution in [-0.2, 0) is 19.6 Å². The van der Waals surface area contributed by atoms with Gasteiger partial charge in [-0.25, -0.2) is 27.6 Å². The molecule has 1 heterocycles. The van der Waals surface area contributed by atoms with Crippen LogP contribution < -0.4 is 10.0 Å². The van der Waals surface area contributed by atoms with Gasteiger partial charge in [-0.05, 0) is 43.4 Å². The minimum absolute atomic E-state index is 0.0243. The first-order valence-corrected chi connectivity index (χ1v) is 10.8. The molecule has 0 aliphatic carbocycles. The lowest BCUT2D eigenvalue weighted by Crippen LogP contribution is -2.22. The molecule has 0 aliphatic rings. The van der Waals surface area contributed by atoms with Crippen molar-refractivity contribution < 1.29 is 22.7 Å². The average Bonchev–Trinajstić information content (AvgIpc) is 3.27. The van der Waals surface area contributed by atoms with Gasteiger partial charge in [0.25, 0.3) is 5.91 Å². The number of carbonyl (C=O) groups excluding carboxylic acids is 2. The zero-order valence-electron chi connectivity index (χ0n) is 15.9. The lowest BCUT2D eigenvalue weighted by molar-refractivity contribution is -0.119. The minimum Gasteiger partial charge on any atom is -0.452 e. The fraction of sp³-hybridized carbons (Fsp3) is 0.111. The summed E-state index contributed by atoms with van der Waals surface area (Å²) < 4.78 is 32.4. The van der Waals surface area contributed by atoms with Crippen LogP contribution in [0.1, 0.15) is 10.4 Å². The molecule has 1 amide bonds. The highest BCUT2D eigenvalue weighted by atomic mass is 35.5. The molecule has 10 nitrogen and oxygen atoms in total. The summed E-state index contributed by atoms with van der Waals surface area (Å²) in [6.45, 7) is -0.651. The van der Waals surface area contributed by atoms with E-state index in [0.717, 1.165) is 6.07 Å². The Bertz CT molecular complexity index is 1230. The molecule has 162 valence electrons. The molecule has 0 fully saturated rings. The van der Waals surface area contributed by atoms with Gasteiger partial charge in [-0.2, -0.15) is 5.10 Å². The van der Waals surface area contributed by atoms with Gasteiger partial charge >= 0.3 is 5.97 Å². The molecule has 0 saturated carbocycles. The maximum atomic E-state index is 12.4. The number of ether oxygens (including phenoxy) is 1. The van der Waals surface area contributed by atoms with E-state index in [1.54, 1.807) is 12.1 Å². The molecular formula is C18H15Cl2N5O5S. The van der Waals surface area contributed by atoms with E-state index in [-0.39, 0.29) is 15.5 Å². The normalized spacial score (nSPS) is 11.2. The number of aromatic nitrogens is 3. The number of nitrogens with one attached hydrogen (secondary N) is 2. The van der Waals surface area contributed by atoms with Crippen LogP contribution in [0.2, 0.25) is 10.0 Å². The molecule has 0 spiro atoms. The van der Waals surface area contributed by atoms with Crippen molar-refractivity contribution in [2.24, 2.45) is 0 Å². The second-order valence-electron chi connectivity index (χ2n) is 5.98. The van der Waals surface area contributed by atoms with Crippen molar-refractivity contribution in [2.45, 2.75) is 4.90 Å². The predicted octanol–water partition coefficient (Wildman–Crippen LogP) is 2.28. The predicted molar refractivity (Wildman–Crippen MR) is 113 cm³/mol. The van der Waals surface area contributed by atoms with Crippen LogP contribution in [0.5, 0.6) is 0 Å². The van der Waals surface area contributed by atoms with Gasteiger partial charge in [0.2, 0.25) is 10.0 Å². The largest absolute Gasteiger partial charge is 0.452 e. The van der Waals surface area contributed by atoms with E-state index in [1.807, 2.05) is 0 Å². The number of sulfonamides is 1. The number of carbonyl (C=O) groups is 2. The van der Waals surface area contributed by atoms with Crippen molar-refractivity contribution in [2.75, 3.05) is 19.0 Å². The third kappa shape index (κ3) is 5.39. The van der Waals surface area contributed by atoms with E-state index in [1.165, 1.54) is 42.6 Å². The summed E-state index contributed by atoms with van der Waals surface area (Å²) in [4.78, 5) is 28.4. The monoisotopic (exact) mass is 483 g/mol. The summed E-state index contributed by atoms with van der Waals surface area (Å²) in [7, 11) is -2.56. The molecule has 2 aromatic carbocycles. The highest BCUT2D eigenvalue weighted by Crippen LogP contribution is 2.24. The molecule has 1 aromatic heterocycles. The van der Waals surface area contributed by atoms with Gasteiger partial charge in [0.05, 0.1) is 26.9 Å². The number of halogens is 2. The molecule has 2 N–H and O–H groups in total. The number of rotatable bonds is 7. The second kappa shape index (κ2) is 9.43. The van der Waals surface area contributed by atoms with Crippen molar-refractivity contribution in [3.05, 3.63) is 64.7 Å². The van der Waals surface area contributed by atoms with Crippen LogP contribution in [0, 0.1) is 0 Å². The van der Waals surface area contributed by atoms with E-state index in [2.05, 4.69) is 20.1 Å². The smallest absolute Gasteiger partial charge is 0.340 e. The summed E-state index contributed by atoms with van der Waals surface area (Å²) in [5.74, 6) is -1.62. The Morgan fingerprint density at radius 1 is 1.16 bits per heavy atom. The van der Waals surface area contributed by atoms with E-state index in [0.29, 0.717) is 16.4 Å². The lowest BCUT2D eigenvalue weighted by Gasteiger charge is -2.12. The Balaban J connectivity index is 1.72. The quantitative estimate of drug-likeness (QED) is 0.492. The molecule has 31 heavy (non-hydrogen) atoms. The van der Waals surface area contributed by atoms with Gasteiger partial charge in [-0.3, -0.25) is 4.79 Å². The number of benzene rings is 2. The molecule has 0 saturated heterocycles. The summed E-state index contributed by atoms with van der Waals surface area (Å²) >= 11 is 12.0. The van der Waals surface area contributed by atoms with Crippen molar-refractivity contribution in [3.8, 4) is 5.69 Å². The van der Waals surface area contributed by atoms with Gasteiger partial charge in [-0.15, -0.1) is 0 Å². The SMILES string of the molecule is CNS(=O)(=O)c1ccc(Cl)c(C(=O)OCC(=O)Nc2cc(Cl)ccc2-n2cncn2)c1. The Hall–Kier alpha value is -2.99. The van der Waals surface area contributed by atoms with Crippen molar-refractivity contribution in [1.82, 2.24) is 19.5 Å². The minimum atomic E-state index is -3.79. The fourth-order valence-corrected chi connectivity index (χ4v) is 3.60. The number of nitrogens with zero attached hydrogens (tertiary/aromatic N) is 3. The topological polar surface area (TPSA) is 132 Å². The number of hydrogen-bond acceptors (Lipinski definition) is 7. The molecule has 0 atom stereocenters. The second-order valence-corrected chi connectivity index (χ2v) is 8.71. The van der Waals surface area contributed by atoms with Crippen LogP contribution in [0.4, 0.5) is 5.69 Å². The van der Waals surface area contributed by atoms with Crippen LogP contribution in [0.25, 0.3) is 5.69 Å². The summed E-state index contributed by atoms with van der Waals surface area (Å²) in [6.07, 6.45) is 2.77. The van der Waals surface area contributed by atoms with Crippen LogP contribution in [0.3, 0.4) is 0 Å². The highest BCUT2D eigenvalue weighted by molar-refractivity contribution is 7.89. The van der Waals surface area contributed by atoms with E-state index >= 15 is 0 Å². The van der Waals surface area contributed by atoms with Gasteiger partial charge < -0.3 is 10.1 Å². The molecular weight excluding hydrogens is 469 g/mol. The van der Waals surface area contributed by atoms with E-state index in [4.69, 9.17) is 27.9 Å². The molecule has 0 aliphatic heterocycles. The number of amides is 1. The molecule has 13 heteroatoms. The van der Waals surface area contributed by atoms with Gasteiger partial charge in [0, 0.05) is 5.02 Å². The maximum absolute atomic E-state index is 12.4. The van der Waals surface area contributed by atoms with E-state index in [9.17, 15) is 18.0 Å².